The fraction of sp³-hybridized carbons (Fsp3) is 0.467. The maximum Gasteiger partial charge on any atom is 0.372 e. The molecule has 0 heterocycles. The zero-order chi connectivity index (χ0) is 15.0. The number of hydrogen-bond acceptors (Lipinski definition) is 4. The van der Waals surface area contributed by atoms with Crippen LogP contribution in [-0.4, -0.2) is 30.6 Å². The van der Waals surface area contributed by atoms with Gasteiger partial charge in [-0.1, -0.05) is 31.9 Å². The molecule has 0 aliphatic heterocycles. The second kappa shape index (κ2) is 8.19. The minimum absolute atomic E-state index is 0.204. The SMILES string of the molecule is CCCCCOc1cccc(CC(=O)C(=O)O)c1OC. The molecule has 20 heavy (non-hydrogen) atoms. The molecule has 1 aromatic carbocycles. The first kappa shape index (κ1) is 16.0. The minimum Gasteiger partial charge on any atom is -0.493 e. The molecule has 0 atom stereocenters. The summed E-state index contributed by atoms with van der Waals surface area (Å²) in [5.74, 6) is -1.34. The van der Waals surface area contributed by atoms with Crippen molar-refractivity contribution in [3.8, 4) is 11.5 Å². The van der Waals surface area contributed by atoms with Gasteiger partial charge in [0.15, 0.2) is 11.5 Å². The Kier molecular flexibility index (Phi) is 6.56. The van der Waals surface area contributed by atoms with Crippen molar-refractivity contribution in [2.75, 3.05) is 13.7 Å². The van der Waals surface area contributed by atoms with Crippen LogP contribution in [0.3, 0.4) is 0 Å². The van der Waals surface area contributed by atoms with Crippen LogP contribution >= 0.6 is 0 Å². The highest BCUT2D eigenvalue weighted by molar-refractivity contribution is 6.33. The third kappa shape index (κ3) is 4.57. The second-order valence-corrected chi connectivity index (χ2v) is 4.41. The quantitative estimate of drug-likeness (QED) is 0.555. The molecule has 0 spiro atoms. The Morgan fingerprint density at radius 1 is 1.25 bits per heavy atom. The number of unbranched alkanes of at least 4 members (excludes halogenated alkanes) is 2. The van der Waals surface area contributed by atoms with E-state index in [-0.39, 0.29) is 6.42 Å². The number of carbonyl (C=O) groups excluding carboxylic acids is 1. The van der Waals surface area contributed by atoms with E-state index >= 15 is 0 Å². The third-order valence-corrected chi connectivity index (χ3v) is 2.86. The molecule has 0 radical (unpaired) electrons. The van der Waals surface area contributed by atoms with Gasteiger partial charge in [-0.15, -0.1) is 0 Å². The van der Waals surface area contributed by atoms with Crippen molar-refractivity contribution in [3.63, 3.8) is 0 Å². The summed E-state index contributed by atoms with van der Waals surface area (Å²) in [6.45, 7) is 2.68. The van der Waals surface area contributed by atoms with E-state index in [1.807, 2.05) is 0 Å². The van der Waals surface area contributed by atoms with Crippen molar-refractivity contribution in [2.45, 2.75) is 32.6 Å². The van der Waals surface area contributed by atoms with Crippen LogP contribution in [0.1, 0.15) is 31.7 Å². The van der Waals surface area contributed by atoms with E-state index in [1.54, 1.807) is 18.2 Å². The van der Waals surface area contributed by atoms with Gasteiger partial charge in [0, 0.05) is 12.0 Å². The number of rotatable bonds is 9. The molecule has 1 aromatic rings. The molecular weight excluding hydrogens is 260 g/mol. The first-order valence-corrected chi connectivity index (χ1v) is 6.65. The monoisotopic (exact) mass is 280 g/mol. The third-order valence-electron chi connectivity index (χ3n) is 2.86. The van der Waals surface area contributed by atoms with Crippen molar-refractivity contribution < 1.29 is 24.2 Å². The molecule has 5 heteroatoms. The van der Waals surface area contributed by atoms with Gasteiger partial charge in [-0.25, -0.2) is 4.79 Å². The van der Waals surface area contributed by atoms with Crippen LogP contribution in [-0.2, 0) is 16.0 Å². The predicted octanol–water partition coefficient (Wildman–Crippen LogP) is 2.46. The van der Waals surface area contributed by atoms with Crippen molar-refractivity contribution in [1.82, 2.24) is 0 Å². The highest BCUT2D eigenvalue weighted by atomic mass is 16.5. The number of aliphatic carboxylic acids is 1. The number of benzene rings is 1. The summed E-state index contributed by atoms with van der Waals surface area (Å²) in [5.41, 5.74) is 0.521. The maximum absolute atomic E-state index is 11.3. The summed E-state index contributed by atoms with van der Waals surface area (Å²) in [6.07, 6.45) is 2.93. The van der Waals surface area contributed by atoms with Crippen molar-refractivity contribution in [2.24, 2.45) is 0 Å². The van der Waals surface area contributed by atoms with Gasteiger partial charge in [-0.3, -0.25) is 4.79 Å². The molecule has 0 aliphatic rings. The molecule has 1 rings (SSSR count). The summed E-state index contributed by atoms with van der Waals surface area (Å²) in [4.78, 5) is 21.9. The van der Waals surface area contributed by atoms with Crippen LogP contribution < -0.4 is 9.47 Å². The number of carboxylic acids is 1. The normalized spacial score (nSPS) is 10.1. The van der Waals surface area contributed by atoms with Crippen LogP contribution in [0.4, 0.5) is 0 Å². The Hall–Kier alpha value is -2.04. The molecule has 0 fully saturated rings. The first-order chi connectivity index (χ1) is 9.60. The van der Waals surface area contributed by atoms with Gasteiger partial charge in [0.05, 0.1) is 13.7 Å². The molecule has 0 aliphatic carbocycles. The lowest BCUT2D eigenvalue weighted by Gasteiger charge is -2.13. The van der Waals surface area contributed by atoms with E-state index in [4.69, 9.17) is 14.6 Å². The van der Waals surface area contributed by atoms with E-state index < -0.39 is 11.8 Å². The van der Waals surface area contributed by atoms with Crippen LogP contribution in [0, 0.1) is 0 Å². The van der Waals surface area contributed by atoms with Crippen molar-refractivity contribution in [3.05, 3.63) is 23.8 Å². The Balaban J connectivity index is 2.80. The number of ether oxygens (including phenoxy) is 2. The van der Waals surface area contributed by atoms with Crippen LogP contribution in [0.15, 0.2) is 18.2 Å². The molecule has 0 saturated heterocycles. The summed E-state index contributed by atoms with van der Waals surface area (Å²) in [7, 11) is 1.48. The lowest BCUT2D eigenvalue weighted by Crippen LogP contribution is -2.15. The fourth-order valence-electron chi connectivity index (χ4n) is 1.83. The van der Waals surface area contributed by atoms with Crippen molar-refractivity contribution in [1.29, 1.82) is 0 Å². The Morgan fingerprint density at radius 2 is 2.00 bits per heavy atom. The fourth-order valence-corrected chi connectivity index (χ4v) is 1.83. The average Bonchev–Trinajstić information content (AvgIpc) is 2.43. The lowest BCUT2D eigenvalue weighted by molar-refractivity contribution is -0.148. The Morgan fingerprint density at radius 3 is 2.60 bits per heavy atom. The molecule has 1 N–H and O–H groups in total. The number of methoxy groups -OCH3 is 1. The largest absolute Gasteiger partial charge is 0.493 e. The highest BCUT2D eigenvalue weighted by Crippen LogP contribution is 2.31. The zero-order valence-electron chi connectivity index (χ0n) is 11.8. The highest BCUT2D eigenvalue weighted by Gasteiger charge is 2.17. The van der Waals surface area contributed by atoms with Crippen LogP contribution in [0.25, 0.3) is 0 Å². The lowest BCUT2D eigenvalue weighted by atomic mass is 10.1. The minimum atomic E-state index is -1.44. The number of hydrogen-bond donors (Lipinski definition) is 1. The molecule has 0 unspecified atom stereocenters. The Bertz CT molecular complexity index is 467. The number of ketones is 1. The van der Waals surface area contributed by atoms with E-state index in [0.717, 1.165) is 19.3 Å². The molecule has 0 amide bonds. The molecule has 0 bridgehead atoms. The molecular formula is C15H20O5. The number of Topliss-reactive ketones (excluding diaryl/α,β-unsaturated/α-hetero) is 1. The van der Waals surface area contributed by atoms with Gasteiger partial charge < -0.3 is 14.6 Å². The number of para-hydroxylation sites is 1. The molecule has 5 nitrogen and oxygen atoms in total. The first-order valence-electron chi connectivity index (χ1n) is 6.65. The van der Waals surface area contributed by atoms with E-state index in [1.165, 1.54) is 7.11 Å². The smallest absolute Gasteiger partial charge is 0.372 e. The van der Waals surface area contributed by atoms with Gasteiger partial charge in [0.2, 0.25) is 5.78 Å². The van der Waals surface area contributed by atoms with Crippen molar-refractivity contribution >= 4 is 11.8 Å². The van der Waals surface area contributed by atoms with Gasteiger partial charge in [-0.05, 0) is 12.5 Å². The summed E-state index contributed by atoms with van der Waals surface area (Å²) >= 11 is 0. The number of carbonyl (C=O) groups is 2. The summed E-state index contributed by atoms with van der Waals surface area (Å²) in [5, 5.41) is 8.66. The topological polar surface area (TPSA) is 72.8 Å². The molecule has 0 aromatic heterocycles. The van der Waals surface area contributed by atoms with Crippen LogP contribution in [0.2, 0.25) is 0 Å². The van der Waals surface area contributed by atoms with Gasteiger partial charge >= 0.3 is 5.97 Å². The number of carboxylic acid groups (broad SMARTS) is 1. The van der Waals surface area contributed by atoms with E-state index in [2.05, 4.69) is 6.92 Å². The summed E-state index contributed by atoms with van der Waals surface area (Å²) < 4.78 is 10.9. The van der Waals surface area contributed by atoms with E-state index in [9.17, 15) is 9.59 Å². The standard InChI is InChI=1S/C15H20O5/c1-3-4-5-9-20-13-8-6-7-11(14(13)19-2)10-12(16)15(17)18/h6-8H,3-5,9-10H2,1-2H3,(H,17,18). The van der Waals surface area contributed by atoms with E-state index in [0.29, 0.717) is 23.7 Å². The second-order valence-electron chi connectivity index (χ2n) is 4.41. The zero-order valence-corrected chi connectivity index (χ0v) is 11.8. The van der Waals surface area contributed by atoms with Crippen LogP contribution in [0.5, 0.6) is 11.5 Å². The van der Waals surface area contributed by atoms with Gasteiger partial charge in [0.25, 0.3) is 0 Å². The average molecular weight is 280 g/mol. The summed E-state index contributed by atoms with van der Waals surface area (Å²) in [6, 6.07) is 5.14. The molecule has 0 saturated carbocycles. The van der Waals surface area contributed by atoms with Gasteiger partial charge in [-0.2, -0.15) is 0 Å². The molecule has 110 valence electrons. The predicted molar refractivity (Wildman–Crippen MR) is 74.4 cm³/mol. The van der Waals surface area contributed by atoms with Gasteiger partial charge in [0.1, 0.15) is 0 Å². The maximum atomic E-state index is 11.3. The Labute approximate surface area is 118 Å².